The van der Waals surface area contributed by atoms with Crippen molar-refractivity contribution in [1.29, 1.82) is 0 Å². The Hall–Kier alpha value is -2.73. The minimum absolute atomic E-state index is 0.0133. The number of methoxy groups -OCH3 is 1. The predicted octanol–water partition coefficient (Wildman–Crippen LogP) is 2.98. The Morgan fingerprint density at radius 2 is 1.86 bits per heavy atom. The summed E-state index contributed by atoms with van der Waals surface area (Å²) < 4.78 is 4.95. The Balaban J connectivity index is 1.70. The van der Waals surface area contributed by atoms with Gasteiger partial charge in [0.25, 0.3) is 5.91 Å². The minimum atomic E-state index is -0.103. The van der Waals surface area contributed by atoms with Gasteiger partial charge in [0.1, 0.15) is 6.61 Å². The van der Waals surface area contributed by atoms with E-state index in [0.717, 1.165) is 35.4 Å². The first-order chi connectivity index (χ1) is 14.0. The highest BCUT2D eigenvalue weighted by Gasteiger charge is 2.27. The van der Waals surface area contributed by atoms with Crippen molar-refractivity contribution in [3.05, 3.63) is 64.5 Å². The lowest BCUT2D eigenvalue weighted by Crippen LogP contribution is -2.40. The van der Waals surface area contributed by atoms with Crippen LogP contribution >= 0.6 is 0 Å². The highest BCUT2D eigenvalue weighted by molar-refractivity contribution is 5.95. The van der Waals surface area contributed by atoms with E-state index in [1.165, 1.54) is 7.11 Å². The largest absolute Gasteiger partial charge is 0.375 e. The number of likely N-dealkylation sites (tertiary alicyclic amines) is 1. The molecule has 2 heterocycles. The Morgan fingerprint density at radius 1 is 1.14 bits per heavy atom. The van der Waals surface area contributed by atoms with Crippen LogP contribution in [-0.2, 0) is 16.1 Å². The summed E-state index contributed by atoms with van der Waals surface area (Å²) in [7, 11) is 1.53. The molecule has 1 N–H and O–H groups in total. The number of rotatable bonds is 6. The maximum absolute atomic E-state index is 12.9. The van der Waals surface area contributed by atoms with Crippen LogP contribution in [0.5, 0.6) is 0 Å². The Kier molecular flexibility index (Phi) is 6.99. The van der Waals surface area contributed by atoms with E-state index in [0.29, 0.717) is 25.2 Å². The minimum Gasteiger partial charge on any atom is -0.375 e. The number of hydrogen-bond donors (Lipinski definition) is 1. The molecule has 0 atom stereocenters. The summed E-state index contributed by atoms with van der Waals surface area (Å²) in [5.41, 5.74) is 4.63. The van der Waals surface area contributed by atoms with Crippen molar-refractivity contribution >= 4 is 11.8 Å². The molecule has 0 saturated carbocycles. The predicted molar refractivity (Wildman–Crippen MR) is 112 cm³/mol. The van der Waals surface area contributed by atoms with Gasteiger partial charge >= 0.3 is 0 Å². The second kappa shape index (κ2) is 9.65. The summed E-state index contributed by atoms with van der Waals surface area (Å²) in [5.74, 6) is 0.0775. The molecule has 1 aromatic carbocycles. The summed E-state index contributed by atoms with van der Waals surface area (Å²) in [6.07, 6.45) is 1.59. The van der Waals surface area contributed by atoms with Gasteiger partial charge in [0.2, 0.25) is 5.91 Å². The number of amides is 2. The number of ether oxygens (including phenoxy) is 1. The Morgan fingerprint density at radius 3 is 2.55 bits per heavy atom. The number of carbonyl (C=O) groups excluding carboxylic acids is 2. The third kappa shape index (κ3) is 5.21. The fourth-order valence-corrected chi connectivity index (χ4v) is 3.78. The number of aryl methyl sites for hydroxylation is 2. The molecule has 154 valence electrons. The second-order valence-electron chi connectivity index (χ2n) is 7.58. The molecule has 1 aliphatic heterocycles. The van der Waals surface area contributed by atoms with Crippen LogP contribution in [0.1, 0.15) is 51.6 Å². The molecule has 3 rings (SSSR count). The van der Waals surface area contributed by atoms with E-state index in [-0.39, 0.29) is 24.3 Å². The average Bonchev–Trinajstić information content (AvgIpc) is 2.73. The van der Waals surface area contributed by atoms with Gasteiger partial charge in [-0.3, -0.25) is 14.6 Å². The molecule has 1 fully saturated rings. The lowest BCUT2D eigenvalue weighted by atomic mass is 9.89. The first kappa shape index (κ1) is 21.0. The molecular formula is C23H29N3O3. The molecule has 29 heavy (non-hydrogen) atoms. The lowest BCUT2D eigenvalue weighted by Gasteiger charge is -2.32. The number of nitrogens with zero attached hydrogens (tertiary/aromatic N) is 2. The van der Waals surface area contributed by atoms with Crippen LogP contribution in [-0.4, -0.2) is 48.5 Å². The molecule has 0 aliphatic carbocycles. The van der Waals surface area contributed by atoms with Crippen molar-refractivity contribution in [3.63, 3.8) is 0 Å². The summed E-state index contributed by atoms with van der Waals surface area (Å²) in [6, 6.07) is 11.8. The smallest absolute Gasteiger partial charge is 0.253 e. The van der Waals surface area contributed by atoms with Gasteiger partial charge in [-0.15, -0.1) is 0 Å². The highest BCUT2D eigenvalue weighted by Crippen LogP contribution is 2.29. The van der Waals surface area contributed by atoms with E-state index in [4.69, 9.17) is 9.72 Å². The number of hydrogen-bond acceptors (Lipinski definition) is 4. The molecule has 1 aliphatic rings. The van der Waals surface area contributed by atoms with Crippen LogP contribution in [0.25, 0.3) is 0 Å². The number of carbonyl (C=O) groups is 2. The molecular weight excluding hydrogens is 366 g/mol. The van der Waals surface area contributed by atoms with E-state index in [2.05, 4.69) is 5.32 Å². The third-order valence-electron chi connectivity index (χ3n) is 5.51. The van der Waals surface area contributed by atoms with E-state index in [1.807, 2.05) is 55.1 Å². The van der Waals surface area contributed by atoms with Crippen LogP contribution in [0.4, 0.5) is 0 Å². The van der Waals surface area contributed by atoms with Crippen molar-refractivity contribution in [2.75, 3.05) is 26.8 Å². The van der Waals surface area contributed by atoms with Gasteiger partial charge in [0.05, 0.1) is 11.3 Å². The molecule has 1 aromatic heterocycles. The fraction of sp³-hybridized carbons (Fsp3) is 0.435. The van der Waals surface area contributed by atoms with Crippen molar-refractivity contribution in [3.8, 4) is 0 Å². The highest BCUT2D eigenvalue weighted by atomic mass is 16.5. The second-order valence-corrected chi connectivity index (χ2v) is 7.58. The summed E-state index contributed by atoms with van der Waals surface area (Å²) in [6.45, 7) is 5.90. The van der Waals surface area contributed by atoms with Gasteiger partial charge in [-0.2, -0.15) is 0 Å². The van der Waals surface area contributed by atoms with Gasteiger partial charge in [0.15, 0.2) is 0 Å². The molecule has 0 unspecified atom stereocenters. The van der Waals surface area contributed by atoms with Gasteiger partial charge < -0.3 is 15.0 Å². The SMILES string of the molecule is COCC(=O)N1CCC(c2nc(C)ccc2C(=O)NCc2ccccc2C)CC1. The molecule has 6 heteroatoms. The quantitative estimate of drug-likeness (QED) is 0.816. The monoisotopic (exact) mass is 395 g/mol. The standard InChI is InChI=1S/C23H29N3O3/c1-16-6-4-5-7-19(16)14-24-23(28)20-9-8-17(2)25-22(20)18-10-12-26(13-11-18)21(27)15-29-3/h4-9,18H,10-15H2,1-3H3,(H,24,28). The summed E-state index contributed by atoms with van der Waals surface area (Å²) in [5, 5.41) is 3.04. The van der Waals surface area contributed by atoms with Crippen molar-refractivity contribution in [2.45, 2.75) is 39.2 Å². The maximum Gasteiger partial charge on any atom is 0.253 e. The van der Waals surface area contributed by atoms with E-state index in [1.54, 1.807) is 0 Å². The van der Waals surface area contributed by atoms with Crippen LogP contribution in [0.3, 0.4) is 0 Å². The van der Waals surface area contributed by atoms with Gasteiger partial charge in [-0.25, -0.2) is 0 Å². The number of nitrogens with one attached hydrogen (secondary N) is 1. The van der Waals surface area contributed by atoms with E-state index in [9.17, 15) is 9.59 Å². The van der Waals surface area contributed by atoms with Gasteiger partial charge in [-0.1, -0.05) is 24.3 Å². The van der Waals surface area contributed by atoms with Crippen molar-refractivity contribution in [1.82, 2.24) is 15.2 Å². The van der Waals surface area contributed by atoms with Gasteiger partial charge in [-0.05, 0) is 49.9 Å². The van der Waals surface area contributed by atoms with E-state index >= 15 is 0 Å². The molecule has 0 spiro atoms. The average molecular weight is 396 g/mol. The van der Waals surface area contributed by atoms with E-state index < -0.39 is 0 Å². The zero-order chi connectivity index (χ0) is 20.8. The first-order valence-corrected chi connectivity index (χ1v) is 10.1. The topological polar surface area (TPSA) is 71.5 Å². The number of piperidine rings is 1. The van der Waals surface area contributed by atoms with Crippen LogP contribution in [0.2, 0.25) is 0 Å². The van der Waals surface area contributed by atoms with Crippen LogP contribution < -0.4 is 5.32 Å². The molecule has 2 aromatic rings. The number of benzene rings is 1. The molecule has 6 nitrogen and oxygen atoms in total. The van der Waals surface area contributed by atoms with Crippen molar-refractivity contribution in [2.24, 2.45) is 0 Å². The number of aromatic nitrogens is 1. The molecule has 1 saturated heterocycles. The lowest BCUT2D eigenvalue weighted by molar-refractivity contribution is -0.136. The zero-order valence-corrected chi connectivity index (χ0v) is 17.4. The van der Waals surface area contributed by atoms with Crippen LogP contribution in [0.15, 0.2) is 36.4 Å². The normalized spacial score (nSPS) is 14.7. The molecule has 0 bridgehead atoms. The summed E-state index contributed by atoms with van der Waals surface area (Å²) in [4.78, 5) is 31.5. The zero-order valence-electron chi connectivity index (χ0n) is 17.4. The Labute approximate surface area is 172 Å². The van der Waals surface area contributed by atoms with Crippen molar-refractivity contribution < 1.29 is 14.3 Å². The Bertz CT molecular complexity index is 873. The third-order valence-corrected chi connectivity index (χ3v) is 5.51. The van der Waals surface area contributed by atoms with Crippen LogP contribution in [0, 0.1) is 13.8 Å². The maximum atomic E-state index is 12.9. The fourth-order valence-electron chi connectivity index (χ4n) is 3.78. The number of pyridine rings is 1. The summed E-state index contributed by atoms with van der Waals surface area (Å²) >= 11 is 0. The first-order valence-electron chi connectivity index (χ1n) is 10.1. The molecule has 0 radical (unpaired) electrons. The molecule has 2 amide bonds. The van der Waals surface area contributed by atoms with Gasteiger partial charge in [0, 0.05) is 38.4 Å².